The maximum atomic E-state index is 13.9. The molecule has 4 nitrogen and oxygen atoms in total. The molecule has 1 amide bonds. The highest BCUT2D eigenvalue weighted by Crippen LogP contribution is 2.31. The van der Waals surface area contributed by atoms with Gasteiger partial charge in [0, 0.05) is 32.1 Å². The predicted octanol–water partition coefficient (Wildman–Crippen LogP) is 3.26. The zero-order valence-electron chi connectivity index (χ0n) is 13.9. The molecular weight excluding hydrogens is 338 g/mol. The van der Waals surface area contributed by atoms with Crippen molar-refractivity contribution in [2.24, 2.45) is 5.92 Å². The van der Waals surface area contributed by atoms with Crippen molar-refractivity contribution >= 4 is 11.6 Å². The van der Waals surface area contributed by atoms with Crippen molar-refractivity contribution in [3.63, 3.8) is 0 Å². The number of carbonyl (C=O) groups is 1. The number of anilines is 1. The van der Waals surface area contributed by atoms with Crippen LogP contribution < -0.4 is 4.90 Å². The van der Waals surface area contributed by atoms with Gasteiger partial charge in [-0.2, -0.15) is 22.5 Å². The quantitative estimate of drug-likeness (QED) is 0.601. The van der Waals surface area contributed by atoms with Crippen molar-refractivity contribution in [2.75, 3.05) is 31.1 Å². The highest BCUT2D eigenvalue weighted by Gasteiger charge is 2.32. The van der Waals surface area contributed by atoms with E-state index in [-0.39, 0.29) is 24.9 Å². The molecule has 0 radical (unpaired) electrons. The summed E-state index contributed by atoms with van der Waals surface area (Å²) in [4.78, 5) is 18.3. The summed E-state index contributed by atoms with van der Waals surface area (Å²) >= 11 is 0. The molecule has 1 aromatic heterocycles. The Morgan fingerprint density at radius 1 is 0.840 bits per heavy atom. The van der Waals surface area contributed by atoms with E-state index in [9.17, 15) is 22.4 Å². The van der Waals surface area contributed by atoms with Crippen LogP contribution in [0.5, 0.6) is 0 Å². The molecule has 8 heteroatoms. The van der Waals surface area contributed by atoms with Gasteiger partial charge in [-0.25, -0.2) is 0 Å². The van der Waals surface area contributed by atoms with Gasteiger partial charge in [0.15, 0.2) is 0 Å². The van der Waals surface area contributed by atoms with Crippen LogP contribution in [0.4, 0.5) is 23.2 Å². The first-order chi connectivity index (χ1) is 12.0. The fraction of sp³-hybridized carbons (Fsp3) is 0.647. The van der Waals surface area contributed by atoms with E-state index in [1.165, 1.54) is 4.90 Å². The van der Waals surface area contributed by atoms with E-state index in [1.807, 2.05) is 4.90 Å². The first-order valence-corrected chi connectivity index (χ1v) is 8.72. The minimum absolute atomic E-state index is 0.0783. The van der Waals surface area contributed by atoms with Gasteiger partial charge < -0.3 is 9.80 Å². The van der Waals surface area contributed by atoms with Crippen molar-refractivity contribution < 1.29 is 22.4 Å². The van der Waals surface area contributed by atoms with Gasteiger partial charge in [0.05, 0.1) is 0 Å². The van der Waals surface area contributed by atoms with Crippen molar-refractivity contribution in [1.82, 2.24) is 9.88 Å². The average Bonchev–Trinajstić information content (AvgIpc) is 2.90. The van der Waals surface area contributed by atoms with Gasteiger partial charge in [-0.1, -0.05) is 12.8 Å². The first-order valence-electron chi connectivity index (χ1n) is 8.72. The van der Waals surface area contributed by atoms with E-state index < -0.39 is 29.2 Å². The van der Waals surface area contributed by atoms with Crippen molar-refractivity contribution in [3.8, 4) is 0 Å². The van der Waals surface area contributed by atoms with Gasteiger partial charge in [0.25, 0.3) is 11.9 Å². The summed E-state index contributed by atoms with van der Waals surface area (Å²) in [6, 6.07) is 0. The molecule has 2 aliphatic rings. The maximum Gasteiger partial charge on any atom is 0.253 e. The number of likely N-dealkylation sites (tertiary alicyclic amines) is 1. The standard InChI is InChI=1S/C17H21F4N3O/c18-12-14(13(19)16(21)22-15(12)20)23-9-5-11(6-10-23)17(25)24-7-3-1-2-4-8-24/h11H,1-10H2. The SMILES string of the molecule is O=C(C1CCN(c2c(F)c(F)nc(F)c2F)CC1)N1CCCCCC1. The fourth-order valence-electron chi connectivity index (χ4n) is 3.65. The van der Waals surface area contributed by atoms with Gasteiger partial charge in [-0.05, 0) is 25.7 Å². The van der Waals surface area contributed by atoms with Crippen LogP contribution in [0.25, 0.3) is 0 Å². The zero-order valence-corrected chi connectivity index (χ0v) is 13.9. The molecule has 3 heterocycles. The van der Waals surface area contributed by atoms with Crippen LogP contribution in [0.1, 0.15) is 38.5 Å². The Morgan fingerprint density at radius 3 is 1.88 bits per heavy atom. The van der Waals surface area contributed by atoms with Crippen LogP contribution in [0.2, 0.25) is 0 Å². The molecule has 0 saturated carbocycles. The summed E-state index contributed by atoms with van der Waals surface area (Å²) in [7, 11) is 0. The Kier molecular flexibility index (Phi) is 5.44. The third kappa shape index (κ3) is 3.72. The van der Waals surface area contributed by atoms with Gasteiger partial charge >= 0.3 is 0 Å². The van der Waals surface area contributed by atoms with Crippen molar-refractivity contribution in [2.45, 2.75) is 38.5 Å². The second-order valence-electron chi connectivity index (χ2n) is 6.67. The van der Waals surface area contributed by atoms with Gasteiger partial charge in [0.2, 0.25) is 17.5 Å². The first kappa shape index (κ1) is 17.9. The number of hydrogen-bond donors (Lipinski definition) is 0. The Morgan fingerprint density at radius 2 is 1.36 bits per heavy atom. The summed E-state index contributed by atoms with van der Waals surface area (Å²) in [6.07, 6.45) is 5.05. The topological polar surface area (TPSA) is 36.4 Å². The number of aromatic nitrogens is 1. The highest BCUT2D eigenvalue weighted by atomic mass is 19.2. The molecular formula is C17H21F4N3O. The predicted molar refractivity (Wildman–Crippen MR) is 84.1 cm³/mol. The Balaban J connectivity index is 1.67. The molecule has 25 heavy (non-hydrogen) atoms. The van der Waals surface area contributed by atoms with Crippen LogP contribution >= 0.6 is 0 Å². The minimum Gasteiger partial charge on any atom is -0.366 e. The van der Waals surface area contributed by atoms with Gasteiger partial charge in [-0.15, -0.1) is 0 Å². The number of amides is 1. The largest absolute Gasteiger partial charge is 0.366 e. The Hall–Kier alpha value is -1.86. The number of nitrogens with zero attached hydrogens (tertiary/aromatic N) is 3. The number of rotatable bonds is 2. The summed E-state index contributed by atoms with van der Waals surface area (Å²) in [5.74, 6) is -6.42. The lowest BCUT2D eigenvalue weighted by atomic mass is 9.94. The Labute approximate surface area is 143 Å². The minimum atomic E-state index is -1.66. The lowest BCUT2D eigenvalue weighted by Crippen LogP contribution is -2.43. The number of piperidine rings is 1. The molecule has 3 rings (SSSR count). The molecule has 1 aromatic rings. The monoisotopic (exact) mass is 359 g/mol. The smallest absolute Gasteiger partial charge is 0.253 e. The van der Waals surface area contributed by atoms with E-state index in [0.717, 1.165) is 38.8 Å². The second-order valence-corrected chi connectivity index (χ2v) is 6.67. The molecule has 0 unspecified atom stereocenters. The molecule has 2 fully saturated rings. The van der Waals surface area contributed by atoms with Crippen LogP contribution in [0.15, 0.2) is 0 Å². The normalized spacial score (nSPS) is 19.8. The number of halogens is 4. The summed E-state index contributed by atoms with van der Waals surface area (Å²) in [5.41, 5.74) is -0.731. The number of hydrogen-bond acceptors (Lipinski definition) is 3. The second kappa shape index (κ2) is 7.58. The maximum absolute atomic E-state index is 13.9. The van der Waals surface area contributed by atoms with Crippen molar-refractivity contribution in [1.29, 1.82) is 0 Å². The summed E-state index contributed by atoms with van der Waals surface area (Å²) in [5, 5.41) is 0. The van der Waals surface area contributed by atoms with E-state index >= 15 is 0 Å². The molecule has 0 bridgehead atoms. The number of pyridine rings is 1. The summed E-state index contributed by atoms with van der Waals surface area (Å²) in [6.45, 7) is 1.84. The third-order valence-electron chi connectivity index (χ3n) is 5.05. The van der Waals surface area contributed by atoms with E-state index in [4.69, 9.17) is 0 Å². The highest BCUT2D eigenvalue weighted by molar-refractivity contribution is 5.79. The summed E-state index contributed by atoms with van der Waals surface area (Å²) < 4.78 is 54.3. The number of carbonyl (C=O) groups excluding carboxylic acids is 1. The molecule has 138 valence electrons. The van der Waals surface area contributed by atoms with Gasteiger partial charge in [0.1, 0.15) is 5.69 Å². The van der Waals surface area contributed by atoms with E-state index in [1.54, 1.807) is 0 Å². The van der Waals surface area contributed by atoms with Crippen molar-refractivity contribution in [3.05, 3.63) is 23.5 Å². The van der Waals surface area contributed by atoms with Gasteiger partial charge in [-0.3, -0.25) is 4.79 Å². The molecule has 0 aromatic carbocycles. The van der Waals surface area contributed by atoms with Crippen LogP contribution in [-0.2, 0) is 4.79 Å². The molecule has 0 N–H and O–H groups in total. The van der Waals surface area contributed by atoms with Crippen LogP contribution in [-0.4, -0.2) is 42.0 Å². The lowest BCUT2D eigenvalue weighted by molar-refractivity contribution is -0.136. The lowest BCUT2D eigenvalue weighted by Gasteiger charge is -2.35. The van der Waals surface area contributed by atoms with E-state index in [2.05, 4.69) is 4.98 Å². The molecule has 0 spiro atoms. The zero-order chi connectivity index (χ0) is 18.0. The molecule has 0 aliphatic carbocycles. The molecule has 2 aliphatic heterocycles. The van der Waals surface area contributed by atoms with E-state index in [0.29, 0.717) is 12.8 Å². The fourth-order valence-corrected chi connectivity index (χ4v) is 3.65. The van der Waals surface area contributed by atoms with Crippen LogP contribution in [0.3, 0.4) is 0 Å². The molecule has 0 atom stereocenters. The average molecular weight is 359 g/mol. The molecule has 2 saturated heterocycles. The Bertz CT molecular complexity index is 613. The third-order valence-corrected chi connectivity index (χ3v) is 5.05. The van der Waals surface area contributed by atoms with Crippen LogP contribution in [0, 0.1) is 29.4 Å².